The van der Waals surface area contributed by atoms with Crippen molar-refractivity contribution in [2.75, 3.05) is 6.61 Å². The van der Waals surface area contributed by atoms with Gasteiger partial charge in [0.2, 0.25) is 0 Å². The average Bonchev–Trinajstić information content (AvgIpc) is 3.06. The lowest BCUT2D eigenvalue weighted by atomic mass is 10.0. The monoisotopic (exact) mass is 389 g/mol. The van der Waals surface area contributed by atoms with E-state index in [1.54, 1.807) is 6.07 Å². The largest absolute Gasteiger partial charge is 0.484 e. The number of carboxylic acids is 1. The Morgan fingerprint density at radius 1 is 1.37 bits per heavy atom. The van der Waals surface area contributed by atoms with Crippen molar-refractivity contribution in [1.29, 1.82) is 0 Å². The van der Waals surface area contributed by atoms with E-state index in [1.807, 2.05) is 18.2 Å². The first-order chi connectivity index (χ1) is 12.8. The van der Waals surface area contributed by atoms with E-state index in [0.29, 0.717) is 10.8 Å². The number of fused-ring (bicyclic) bond motifs is 1. The standard InChI is InChI=1S/C21H24ClNO4/c1-13-4-3-5-16-15(13)7-9-18(16)27-19-8-6-14(10-17(19)22)11-23-21(2,12-24)20(25)26/h3-6,8,10,18,23-24H,7,9,11-12H2,1-2H3,(H,25,26)/t18?,21-/m0/s1. The molecule has 2 aromatic rings. The fraction of sp³-hybridized carbons (Fsp3) is 0.381. The minimum Gasteiger partial charge on any atom is -0.484 e. The molecule has 0 spiro atoms. The van der Waals surface area contributed by atoms with Gasteiger partial charge in [0.05, 0.1) is 11.6 Å². The summed E-state index contributed by atoms with van der Waals surface area (Å²) in [6.07, 6.45) is 1.92. The van der Waals surface area contributed by atoms with Gasteiger partial charge in [-0.1, -0.05) is 35.9 Å². The summed E-state index contributed by atoms with van der Waals surface area (Å²) in [5.74, 6) is -0.492. The van der Waals surface area contributed by atoms with Gasteiger partial charge in [-0.15, -0.1) is 0 Å². The van der Waals surface area contributed by atoms with Crippen molar-refractivity contribution >= 4 is 17.6 Å². The summed E-state index contributed by atoms with van der Waals surface area (Å²) in [5.41, 5.74) is 3.29. The number of carbonyl (C=O) groups is 1. The molecule has 2 atom stereocenters. The summed E-state index contributed by atoms with van der Waals surface area (Å²) < 4.78 is 6.16. The van der Waals surface area contributed by atoms with Crippen molar-refractivity contribution in [3.63, 3.8) is 0 Å². The molecule has 3 rings (SSSR count). The van der Waals surface area contributed by atoms with Gasteiger partial charge in [0, 0.05) is 6.54 Å². The van der Waals surface area contributed by atoms with Crippen LogP contribution in [0.25, 0.3) is 0 Å². The number of aryl methyl sites for hydroxylation is 1. The maximum atomic E-state index is 11.2. The van der Waals surface area contributed by atoms with E-state index in [4.69, 9.17) is 16.3 Å². The van der Waals surface area contributed by atoms with Gasteiger partial charge >= 0.3 is 5.97 Å². The molecule has 0 radical (unpaired) electrons. The van der Waals surface area contributed by atoms with E-state index in [1.165, 1.54) is 23.6 Å². The minimum atomic E-state index is -1.40. The van der Waals surface area contributed by atoms with E-state index in [2.05, 4.69) is 24.4 Å². The summed E-state index contributed by atoms with van der Waals surface area (Å²) in [6, 6.07) is 11.7. The lowest BCUT2D eigenvalue weighted by Gasteiger charge is -2.24. The predicted octanol–water partition coefficient (Wildman–Crippen LogP) is 3.64. The van der Waals surface area contributed by atoms with E-state index in [0.717, 1.165) is 18.4 Å². The molecule has 0 amide bonds. The van der Waals surface area contributed by atoms with Crippen molar-refractivity contribution < 1.29 is 19.7 Å². The number of aliphatic carboxylic acids is 1. The Morgan fingerprint density at radius 2 is 2.15 bits per heavy atom. The van der Waals surface area contributed by atoms with E-state index >= 15 is 0 Å². The molecule has 6 heteroatoms. The molecule has 3 N–H and O–H groups in total. The Kier molecular flexibility index (Phi) is 5.75. The highest BCUT2D eigenvalue weighted by molar-refractivity contribution is 6.32. The van der Waals surface area contributed by atoms with Gasteiger partial charge in [0.25, 0.3) is 0 Å². The number of aliphatic hydroxyl groups is 1. The second-order valence-corrected chi connectivity index (χ2v) is 7.61. The number of hydrogen-bond acceptors (Lipinski definition) is 4. The molecule has 0 aromatic heterocycles. The summed E-state index contributed by atoms with van der Waals surface area (Å²) in [6.45, 7) is 3.33. The summed E-state index contributed by atoms with van der Waals surface area (Å²) in [7, 11) is 0. The molecular formula is C21H24ClNO4. The van der Waals surface area contributed by atoms with Crippen LogP contribution < -0.4 is 10.1 Å². The highest BCUT2D eigenvalue weighted by Gasteiger charge is 2.31. The predicted molar refractivity (Wildman–Crippen MR) is 104 cm³/mol. The molecule has 2 aromatic carbocycles. The lowest BCUT2D eigenvalue weighted by molar-refractivity contribution is -0.145. The number of aliphatic hydroxyl groups excluding tert-OH is 1. The number of carboxylic acid groups (broad SMARTS) is 1. The summed E-state index contributed by atoms with van der Waals surface area (Å²) in [4.78, 5) is 11.2. The van der Waals surface area contributed by atoms with Gasteiger partial charge in [-0.25, -0.2) is 0 Å². The van der Waals surface area contributed by atoms with Crippen LogP contribution in [0.4, 0.5) is 0 Å². The second kappa shape index (κ2) is 7.89. The van der Waals surface area contributed by atoms with Crippen LogP contribution in [-0.2, 0) is 17.8 Å². The normalized spacial score (nSPS) is 18.0. The zero-order chi connectivity index (χ0) is 19.6. The first-order valence-electron chi connectivity index (χ1n) is 8.97. The van der Waals surface area contributed by atoms with Crippen LogP contribution in [0, 0.1) is 6.92 Å². The minimum absolute atomic E-state index is 0.00827. The van der Waals surface area contributed by atoms with Gasteiger partial charge in [-0.05, 0) is 61.1 Å². The van der Waals surface area contributed by atoms with Crippen molar-refractivity contribution in [3.8, 4) is 5.75 Å². The Morgan fingerprint density at radius 3 is 2.81 bits per heavy atom. The number of benzene rings is 2. The highest BCUT2D eigenvalue weighted by atomic mass is 35.5. The lowest BCUT2D eigenvalue weighted by Crippen LogP contribution is -2.52. The number of ether oxygens (including phenoxy) is 1. The van der Waals surface area contributed by atoms with Crippen LogP contribution in [0.5, 0.6) is 5.75 Å². The maximum Gasteiger partial charge on any atom is 0.326 e. The first kappa shape index (κ1) is 19.7. The number of nitrogens with one attached hydrogen (secondary N) is 1. The van der Waals surface area contributed by atoms with E-state index < -0.39 is 18.1 Å². The van der Waals surface area contributed by atoms with Crippen LogP contribution in [0.1, 0.15) is 41.7 Å². The van der Waals surface area contributed by atoms with Gasteiger partial charge in [-0.2, -0.15) is 0 Å². The van der Waals surface area contributed by atoms with Crippen LogP contribution in [-0.4, -0.2) is 28.3 Å². The topological polar surface area (TPSA) is 78.8 Å². The third-order valence-electron chi connectivity index (χ3n) is 5.19. The average molecular weight is 390 g/mol. The highest BCUT2D eigenvalue weighted by Crippen LogP contribution is 2.38. The van der Waals surface area contributed by atoms with Crippen LogP contribution >= 0.6 is 11.6 Å². The first-order valence-corrected chi connectivity index (χ1v) is 9.34. The summed E-state index contributed by atoms with van der Waals surface area (Å²) >= 11 is 6.39. The Labute approximate surface area is 163 Å². The fourth-order valence-electron chi connectivity index (χ4n) is 3.32. The molecular weight excluding hydrogens is 366 g/mol. The van der Waals surface area contributed by atoms with Crippen LogP contribution in [0.15, 0.2) is 36.4 Å². The van der Waals surface area contributed by atoms with Gasteiger partial charge in [0.15, 0.2) is 0 Å². The Balaban J connectivity index is 1.70. The Bertz CT molecular complexity index is 854. The van der Waals surface area contributed by atoms with E-state index in [-0.39, 0.29) is 12.6 Å². The molecule has 144 valence electrons. The van der Waals surface area contributed by atoms with Crippen LogP contribution in [0.2, 0.25) is 5.02 Å². The molecule has 27 heavy (non-hydrogen) atoms. The van der Waals surface area contributed by atoms with Gasteiger partial charge in [0.1, 0.15) is 17.4 Å². The molecule has 0 fully saturated rings. The van der Waals surface area contributed by atoms with Crippen molar-refractivity contribution in [2.45, 2.75) is 44.9 Å². The van der Waals surface area contributed by atoms with E-state index in [9.17, 15) is 15.0 Å². The van der Waals surface area contributed by atoms with Gasteiger partial charge in [-0.3, -0.25) is 10.1 Å². The van der Waals surface area contributed by atoms with Crippen molar-refractivity contribution in [1.82, 2.24) is 5.32 Å². The van der Waals surface area contributed by atoms with Crippen molar-refractivity contribution in [3.05, 3.63) is 63.7 Å². The third-order valence-corrected chi connectivity index (χ3v) is 5.48. The molecule has 0 saturated heterocycles. The molecule has 0 aliphatic heterocycles. The third kappa shape index (κ3) is 4.10. The molecule has 0 heterocycles. The molecule has 1 aliphatic carbocycles. The quantitative estimate of drug-likeness (QED) is 0.673. The number of hydrogen-bond donors (Lipinski definition) is 3. The molecule has 1 aliphatic rings. The number of rotatable bonds is 7. The maximum absolute atomic E-state index is 11.2. The molecule has 5 nitrogen and oxygen atoms in total. The molecule has 0 saturated carbocycles. The second-order valence-electron chi connectivity index (χ2n) is 7.20. The SMILES string of the molecule is Cc1cccc2c1CCC2Oc1ccc(CN[C@@](C)(CO)C(=O)O)cc1Cl. The zero-order valence-electron chi connectivity index (χ0n) is 15.5. The zero-order valence-corrected chi connectivity index (χ0v) is 16.2. The molecule has 1 unspecified atom stereocenters. The van der Waals surface area contributed by atoms with Gasteiger partial charge < -0.3 is 14.9 Å². The molecule has 0 bridgehead atoms. The Hall–Kier alpha value is -2.08. The smallest absolute Gasteiger partial charge is 0.326 e. The number of halogens is 1. The summed E-state index contributed by atoms with van der Waals surface area (Å²) in [5, 5.41) is 21.8. The van der Waals surface area contributed by atoms with Crippen molar-refractivity contribution in [2.24, 2.45) is 0 Å². The fourth-order valence-corrected chi connectivity index (χ4v) is 3.57. The van der Waals surface area contributed by atoms with Crippen LogP contribution in [0.3, 0.4) is 0 Å².